The summed E-state index contributed by atoms with van der Waals surface area (Å²) in [5, 5.41) is 19.2. The molecule has 0 unspecified atom stereocenters. The van der Waals surface area contributed by atoms with Gasteiger partial charge < -0.3 is 15.1 Å². The maximum Gasteiger partial charge on any atom is 0.225 e. The zero-order chi connectivity index (χ0) is 14.9. The molecule has 116 valence electrons. The third-order valence-electron chi connectivity index (χ3n) is 5.00. The van der Waals surface area contributed by atoms with E-state index in [0.717, 1.165) is 36.7 Å². The Bertz CT molecular complexity index is 498. The second-order valence-corrected chi connectivity index (χ2v) is 6.70. The van der Waals surface area contributed by atoms with E-state index in [9.17, 15) is 10.2 Å². The number of hydrogen-bond acceptors (Lipinski definition) is 5. The first-order chi connectivity index (χ1) is 10.2. The van der Waals surface area contributed by atoms with Gasteiger partial charge in [-0.3, -0.25) is 0 Å². The summed E-state index contributed by atoms with van der Waals surface area (Å²) in [6, 6.07) is 2.10. The number of piperidine rings is 1. The molecule has 5 nitrogen and oxygen atoms in total. The predicted molar refractivity (Wildman–Crippen MR) is 81.4 cm³/mol. The fourth-order valence-corrected chi connectivity index (χ4v) is 3.32. The summed E-state index contributed by atoms with van der Waals surface area (Å²) in [5.41, 5.74) is 1.75. The third-order valence-corrected chi connectivity index (χ3v) is 5.00. The highest BCUT2D eigenvalue weighted by Gasteiger charge is 2.35. The van der Waals surface area contributed by atoms with Crippen LogP contribution < -0.4 is 4.90 Å². The molecule has 1 saturated carbocycles. The van der Waals surface area contributed by atoms with Gasteiger partial charge in [-0.05, 0) is 38.7 Å². The molecule has 21 heavy (non-hydrogen) atoms. The van der Waals surface area contributed by atoms with Crippen molar-refractivity contribution in [2.24, 2.45) is 5.41 Å². The highest BCUT2D eigenvalue weighted by molar-refractivity contribution is 5.35. The van der Waals surface area contributed by atoms with E-state index >= 15 is 0 Å². The maximum atomic E-state index is 9.62. The maximum absolute atomic E-state index is 9.62. The van der Waals surface area contributed by atoms with Gasteiger partial charge in [0.1, 0.15) is 0 Å². The highest BCUT2D eigenvalue weighted by atomic mass is 16.3. The van der Waals surface area contributed by atoms with Crippen LogP contribution in [0.3, 0.4) is 0 Å². The average molecular weight is 291 g/mol. The Morgan fingerprint density at radius 2 is 2.00 bits per heavy atom. The first-order valence-corrected chi connectivity index (χ1v) is 7.98. The van der Waals surface area contributed by atoms with E-state index in [1.807, 2.05) is 6.92 Å². The number of aliphatic hydroxyl groups is 2. The second-order valence-electron chi connectivity index (χ2n) is 6.70. The van der Waals surface area contributed by atoms with E-state index in [4.69, 9.17) is 4.98 Å². The van der Waals surface area contributed by atoms with E-state index in [0.29, 0.717) is 12.5 Å². The molecular weight excluding hydrogens is 266 g/mol. The monoisotopic (exact) mass is 291 g/mol. The highest BCUT2D eigenvalue weighted by Crippen LogP contribution is 2.37. The molecule has 1 aromatic rings. The van der Waals surface area contributed by atoms with E-state index in [1.165, 1.54) is 19.3 Å². The van der Waals surface area contributed by atoms with Gasteiger partial charge in [0.05, 0.1) is 13.2 Å². The van der Waals surface area contributed by atoms with Gasteiger partial charge >= 0.3 is 0 Å². The minimum absolute atomic E-state index is 0.0152. The Morgan fingerprint density at radius 1 is 1.24 bits per heavy atom. The Balaban J connectivity index is 1.83. The molecule has 5 heteroatoms. The third kappa shape index (κ3) is 2.90. The number of aromatic nitrogens is 2. The lowest BCUT2D eigenvalue weighted by Crippen LogP contribution is -2.48. The molecule has 0 radical (unpaired) electrons. The second kappa shape index (κ2) is 5.89. The molecule has 0 aromatic carbocycles. The van der Waals surface area contributed by atoms with Crippen LogP contribution in [0.4, 0.5) is 5.95 Å². The van der Waals surface area contributed by atoms with Crippen LogP contribution in [0, 0.1) is 12.3 Å². The Hall–Kier alpha value is -1.20. The summed E-state index contributed by atoms with van der Waals surface area (Å²) in [7, 11) is 0. The van der Waals surface area contributed by atoms with Gasteiger partial charge in [0.2, 0.25) is 5.95 Å². The summed E-state index contributed by atoms with van der Waals surface area (Å²) >= 11 is 0. The predicted octanol–water partition coefficient (Wildman–Crippen LogP) is 1.62. The fraction of sp³-hybridized carbons (Fsp3) is 0.750. The molecule has 0 atom stereocenters. The number of anilines is 1. The van der Waals surface area contributed by atoms with E-state index in [1.54, 1.807) is 0 Å². The summed E-state index contributed by atoms with van der Waals surface area (Å²) in [4.78, 5) is 11.5. The Labute approximate surface area is 126 Å². The van der Waals surface area contributed by atoms with E-state index in [2.05, 4.69) is 16.0 Å². The zero-order valence-electron chi connectivity index (χ0n) is 12.8. The number of aliphatic hydroxyl groups excluding tert-OH is 2. The van der Waals surface area contributed by atoms with Gasteiger partial charge in [0.15, 0.2) is 0 Å². The lowest BCUT2D eigenvalue weighted by molar-refractivity contribution is 0.0418. The minimum atomic E-state index is -0.415. The van der Waals surface area contributed by atoms with E-state index < -0.39 is 5.41 Å². The van der Waals surface area contributed by atoms with Gasteiger partial charge in [-0.1, -0.05) is 6.42 Å². The number of hydrogen-bond donors (Lipinski definition) is 2. The zero-order valence-corrected chi connectivity index (χ0v) is 12.8. The molecule has 0 amide bonds. The summed E-state index contributed by atoms with van der Waals surface area (Å²) in [6.45, 7) is 3.58. The first kappa shape index (κ1) is 14.7. The molecule has 0 spiro atoms. The van der Waals surface area contributed by atoms with Crippen molar-refractivity contribution in [3.63, 3.8) is 0 Å². The van der Waals surface area contributed by atoms with Crippen molar-refractivity contribution in [1.82, 2.24) is 9.97 Å². The molecule has 2 N–H and O–H groups in total. The largest absolute Gasteiger partial charge is 0.396 e. The van der Waals surface area contributed by atoms with Crippen molar-refractivity contribution in [3.8, 4) is 0 Å². The number of aryl methyl sites for hydroxylation is 1. The fourth-order valence-electron chi connectivity index (χ4n) is 3.32. The molecule has 2 heterocycles. The lowest BCUT2D eigenvalue weighted by atomic mass is 9.81. The van der Waals surface area contributed by atoms with E-state index in [-0.39, 0.29) is 13.2 Å². The van der Waals surface area contributed by atoms with Crippen LogP contribution in [0.15, 0.2) is 6.07 Å². The molecule has 1 aliphatic heterocycles. The van der Waals surface area contributed by atoms with Crippen molar-refractivity contribution in [2.75, 3.05) is 31.2 Å². The minimum Gasteiger partial charge on any atom is -0.396 e. The molecular formula is C16H25N3O2. The normalized spacial score (nSPS) is 22.1. The topological polar surface area (TPSA) is 69.5 Å². The SMILES string of the molecule is Cc1cc(C2CCC2)nc(N2CCCC(CO)(CO)C2)n1. The molecule has 2 aliphatic rings. The average Bonchev–Trinajstić information content (AvgIpc) is 2.45. The number of rotatable bonds is 4. The van der Waals surface area contributed by atoms with Crippen LogP contribution in [0.25, 0.3) is 0 Å². The van der Waals surface area contributed by atoms with Crippen molar-refractivity contribution >= 4 is 5.95 Å². The standard InChI is InChI=1S/C16H25N3O2/c1-12-8-14(13-4-2-5-13)18-15(17-12)19-7-3-6-16(9-19,10-20)11-21/h8,13,20-21H,2-7,9-11H2,1H3. The van der Waals surface area contributed by atoms with Gasteiger partial charge in [0.25, 0.3) is 0 Å². The van der Waals surface area contributed by atoms with Gasteiger partial charge in [-0.2, -0.15) is 0 Å². The van der Waals surface area contributed by atoms with Crippen LogP contribution in [0.5, 0.6) is 0 Å². The lowest BCUT2D eigenvalue weighted by Gasteiger charge is -2.40. The van der Waals surface area contributed by atoms with Crippen molar-refractivity contribution < 1.29 is 10.2 Å². The summed E-state index contributed by atoms with van der Waals surface area (Å²) in [5.74, 6) is 1.36. The van der Waals surface area contributed by atoms with Gasteiger partial charge in [-0.15, -0.1) is 0 Å². The molecule has 1 saturated heterocycles. The molecule has 1 aliphatic carbocycles. The Morgan fingerprint density at radius 3 is 2.62 bits per heavy atom. The van der Waals surface area contributed by atoms with Gasteiger partial charge in [0, 0.05) is 35.8 Å². The molecule has 3 rings (SSSR count). The van der Waals surface area contributed by atoms with Crippen LogP contribution in [-0.2, 0) is 0 Å². The molecule has 2 fully saturated rings. The van der Waals surface area contributed by atoms with Crippen LogP contribution in [-0.4, -0.2) is 46.5 Å². The quantitative estimate of drug-likeness (QED) is 0.882. The van der Waals surface area contributed by atoms with Crippen molar-refractivity contribution in [1.29, 1.82) is 0 Å². The Kier molecular flexibility index (Phi) is 4.13. The smallest absolute Gasteiger partial charge is 0.225 e. The summed E-state index contributed by atoms with van der Waals surface area (Å²) in [6.07, 6.45) is 5.57. The van der Waals surface area contributed by atoms with Crippen LogP contribution in [0.1, 0.15) is 49.4 Å². The number of nitrogens with zero attached hydrogens (tertiary/aromatic N) is 3. The molecule has 1 aromatic heterocycles. The molecule has 0 bridgehead atoms. The summed E-state index contributed by atoms with van der Waals surface area (Å²) < 4.78 is 0. The van der Waals surface area contributed by atoms with Crippen LogP contribution >= 0.6 is 0 Å². The van der Waals surface area contributed by atoms with Crippen molar-refractivity contribution in [2.45, 2.75) is 44.9 Å². The van der Waals surface area contributed by atoms with Crippen LogP contribution in [0.2, 0.25) is 0 Å². The van der Waals surface area contributed by atoms with Gasteiger partial charge in [-0.25, -0.2) is 9.97 Å². The first-order valence-electron chi connectivity index (χ1n) is 7.98. The van der Waals surface area contributed by atoms with Crippen molar-refractivity contribution in [3.05, 3.63) is 17.5 Å².